The summed E-state index contributed by atoms with van der Waals surface area (Å²) in [6, 6.07) is 16.2. The van der Waals surface area contributed by atoms with Crippen LogP contribution in [0.1, 0.15) is 11.1 Å². The van der Waals surface area contributed by atoms with Crippen molar-refractivity contribution in [2.45, 2.75) is 18.0 Å². The Balaban J connectivity index is 1.81. The van der Waals surface area contributed by atoms with E-state index in [0.29, 0.717) is 15.6 Å². The van der Waals surface area contributed by atoms with Gasteiger partial charge in [-0.25, -0.2) is 8.42 Å². The number of sulfonamides is 1. The average molecular weight is 464 g/mol. The normalized spacial score (nSPS) is 11.4. The molecule has 1 aromatic heterocycles. The number of carbonyl (C=O) groups excluding carboxylic acids is 1. The molecule has 0 aliphatic carbocycles. The highest BCUT2D eigenvalue weighted by Gasteiger charge is 2.27. The van der Waals surface area contributed by atoms with E-state index < -0.39 is 15.9 Å². The van der Waals surface area contributed by atoms with Crippen LogP contribution < -0.4 is 5.32 Å². The maximum Gasteiger partial charge on any atom is 0.243 e. The predicted molar refractivity (Wildman–Crippen MR) is 117 cm³/mol. The van der Waals surface area contributed by atoms with Crippen LogP contribution in [0.25, 0.3) is 0 Å². The summed E-state index contributed by atoms with van der Waals surface area (Å²) in [4.78, 5) is 16.6. The number of halogens is 2. The molecule has 156 valence electrons. The predicted octanol–water partition coefficient (Wildman–Crippen LogP) is 3.90. The van der Waals surface area contributed by atoms with Crippen molar-refractivity contribution in [3.8, 4) is 0 Å². The van der Waals surface area contributed by atoms with Gasteiger partial charge in [-0.05, 0) is 53.6 Å². The number of carbonyl (C=O) groups is 1. The minimum Gasteiger partial charge on any atom is -0.351 e. The SMILES string of the molecule is O=C(CN(Cc1cccc(Cl)c1)S(=O)(=O)c1ccc(Cl)cc1)NCc1cccnc1. The van der Waals surface area contributed by atoms with Crippen LogP contribution in [-0.4, -0.2) is 30.2 Å². The molecule has 0 spiro atoms. The summed E-state index contributed by atoms with van der Waals surface area (Å²) >= 11 is 11.9. The second-order valence-corrected chi connectivity index (χ2v) is 9.31. The third kappa shape index (κ3) is 6.03. The molecule has 0 saturated carbocycles. The average Bonchev–Trinajstić information content (AvgIpc) is 2.73. The molecule has 1 heterocycles. The molecule has 3 rings (SSSR count). The zero-order valence-corrected chi connectivity index (χ0v) is 18.2. The van der Waals surface area contributed by atoms with Crippen molar-refractivity contribution in [2.24, 2.45) is 0 Å². The third-order valence-electron chi connectivity index (χ3n) is 4.23. The fraction of sp³-hybridized carbons (Fsp3) is 0.143. The van der Waals surface area contributed by atoms with Gasteiger partial charge in [0.05, 0.1) is 11.4 Å². The van der Waals surface area contributed by atoms with Crippen LogP contribution in [0.4, 0.5) is 0 Å². The number of hydrogen-bond donors (Lipinski definition) is 1. The fourth-order valence-corrected chi connectivity index (χ4v) is 4.46. The number of aromatic nitrogens is 1. The van der Waals surface area contributed by atoms with Crippen molar-refractivity contribution >= 4 is 39.1 Å². The van der Waals surface area contributed by atoms with Crippen LogP contribution in [0.3, 0.4) is 0 Å². The second-order valence-electron chi connectivity index (χ2n) is 6.49. The third-order valence-corrected chi connectivity index (χ3v) is 6.52. The first-order valence-electron chi connectivity index (χ1n) is 9.00. The monoisotopic (exact) mass is 463 g/mol. The number of nitrogens with zero attached hydrogens (tertiary/aromatic N) is 2. The second kappa shape index (κ2) is 10.0. The molecule has 6 nitrogen and oxygen atoms in total. The summed E-state index contributed by atoms with van der Waals surface area (Å²) < 4.78 is 27.5. The van der Waals surface area contributed by atoms with Gasteiger partial charge in [0.25, 0.3) is 0 Å². The molecular weight excluding hydrogens is 445 g/mol. The molecule has 30 heavy (non-hydrogen) atoms. The Bertz CT molecular complexity index is 1110. The lowest BCUT2D eigenvalue weighted by Crippen LogP contribution is -2.40. The molecule has 0 radical (unpaired) electrons. The zero-order valence-electron chi connectivity index (χ0n) is 15.8. The summed E-state index contributed by atoms with van der Waals surface area (Å²) in [5.41, 5.74) is 1.48. The number of hydrogen-bond acceptors (Lipinski definition) is 4. The largest absolute Gasteiger partial charge is 0.351 e. The van der Waals surface area contributed by atoms with Gasteiger partial charge in [0.15, 0.2) is 0 Å². The Morgan fingerprint density at radius 3 is 2.37 bits per heavy atom. The van der Waals surface area contributed by atoms with Crippen LogP contribution in [0.5, 0.6) is 0 Å². The Hall–Kier alpha value is -2.45. The standard InChI is InChI=1S/C21H19Cl2N3O3S/c22-18-6-8-20(9-7-18)30(28,29)26(14-16-3-1-5-19(23)11-16)15-21(27)25-13-17-4-2-10-24-12-17/h1-12H,13-15H2,(H,25,27). The van der Waals surface area contributed by atoms with Crippen molar-refractivity contribution in [3.63, 3.8) is 0 Å². The Labute approximate surface area is 185 Å². The van der Waals surface area contributed by atoms with Crippen molar-refractivity contribution in [2.75, 3.05) is 6.54 Å². The van der Waals surface area contributed by atoms with E-state index in [1.807, 2.05) is 6.07 Å². The van der Waals surface area contributed by atoms with E-state index in [4.69, 9.17) is 23.2 Å². The first-order chi connectivity index (χ1) is 14.3. The minimum atomic E-state index is -3.95. The zero-order chi connectivity index (χ0) is 21.6. The number of amides is 1. The maximum atomic E-state index is 13.2. The van der Waals surface area contributed by atoms with E-state index in [9.17, 15) is 13.2 Å². The Morgan fingerprint density at radius 2 is 1.70 bits per heavy atom. The lowest BCUT2D eigenvalue weighted by Gasteiger charge is -2.22. The van der Waals surface area contributed by atoms with Crippen molar-refractivity contribution in [1.29, 1.82) is 0 Å². The molecule has 0 saturated heterocycles. The molecule has 2 aromatic carbocycles. The first-order valence-corrected chi connectivity index (χ1v) is 11.2. The first kappa shape index (κ1) is 22.2. The lowest BCUT2D eigenvalue weighted by atomic mass is 10.2. The fourth-order valence-electron chi connectivity index (χ4n) is 2.74. The number of rotatable bonds is 8. The van der Waals surface area contributed by atoms with Gasteiger partial charge in [0, 0.05) is 35.5 Å². The summed E-state index contributed by atoms with van der Waals surface area (Å²) in [6.45, 7) is -0.109. The van der Waals surface area contributed by atoms with Gasteiger partial charge in [-0.3, -0.25) is 9.78 Å². The minimum absolute atomic E-state index is 0.00810. The molecule has 0 aliphatic heterocycles. The molecule has 9 heteroatoms. The maximum absolute atomic E-state index is 13.2. The highest BCUT2D eigenvalue weighted by molar-refractivity contribution is 7.89. The quantitative estimate of drug-likeness (QED) is 0.549. The molecular formula is C21H19Cl2N3O3S. The van der Waals surface area contributed by atoms with E-state index >= 15 is 0 Å². The summed E-state index contributed by atoms with van der Waals surface area (Å²) in [5.74, 6) is -0.432. The van der Waals surface area contributed by atoms with Crippen LogP contribution in [0.15, 0.2) is 78.0 Å². The van der Waals surface area contributed by atoms with Crippen LogP contribution >= 0.6 is 23.2 Å². The van der Waals surface area contributed by atoms with Crippen molar-refractivity contribution < 1.29 is 13.2 Å². The summed E-state index contributed by atoms with van der Waals surface area (Å²) in [7, 11) is -3.95. The lowest BCUT2D eigenvalue weighted by molar-refractivity contribution is -0.121. The summed E-state index contributed by atoms with van der Waals surface area (Å²) in [5, 5.41) is 3.63. The van der Waals surface area contributed by atoms with Gasteiger partial charge in [-0.15, -0.1) is 0 Å². The van der Waals surface area contributed by atoms with Crippen molar-refractivity contribution in [3.05, 3.63) is 94.2 Å². The van der Waals surface area contributed by atoms with Crippen molar-refractivity contribution in [1.82, 2.24) is 14.6 Å². The van der Waals surface area contributed by atoms with E-state index in [0.717, 1.165) is 9.87 Å². The van der Waals surface area contributed by atoms with E-state index in [2.05, 4.69) is 10.3 Å². The van der Waals surface area contributed by atoms with E-state index in [1.165, 1.54) is 24.3 Å². The number of nitrogens with one attached hydrogen (secondary N) is 1. The van der Waals surface area contributed by atoms with Crippen LogP contribution in [-0.2, 0) is 27.9 Å². The van der Waals surface area contributed by atoms with Gasteiger partial charge in [0.2, 0.25) is 15.9 Å². The van der Waals surface area contributed by atoms with E-state index in [1.54, 1.807) is 42.7 Å². The summed E-state index contributed by atoms with van der Waals surface area (Å²) in [6.07, 6.45) is 3.27. The molecule has 0 unspecified atom stereocenters. The van der Waals surface area contributed by atoms with Gasteiger partial charge in [0.1, 0.15) is 0 Å². The van der Waals surface area contributed by atoms with Crippen LogP contribution in [0, 0.1) is 0 Å². The van der Waals surface area contributed by atoms with E-state index in [-0.39, 0.29) is 24.5 Å². The van der Waals surface area contributed by atoms with Gasteiger partial charge in [-0.1, -0.05) is 41.4 Å². The Morgan fingerprint density at radius 1 is 0.967 bits per heavy atom. The molecule has 0 aliphatic rings. The van der Waals surface area contributed by atoms with Gasteiger partial charge in [-0.2, -0.15) is 4.31 Å². The molecule has 3 aromatic rings. The molecule has 1 N–H and O–H groups in total. The topological polar surface area (TPSA) is 79.4 Å². The highest BCUT2D eigenvalue weighted by atomic mass is 35.5. The molecule has 0 bridgehead atoms. The number of pyridine rings is 1. The molecule has 0 atom stereocenters. The van der Waals surface area contributed by atoms with Crippen LogP contribution in [0.2, 0.25) is 10.0 Å². The smallest absolute Gasteiger partial charge is 0.243 e. The number of benzene rings is 2. The molecule has 1 amide bonds. The molecule has 0 fully saturated rings. The van der Waals surface area contributed by atoms with Gasteiger partial charge >= 0.3 is 0 Å². The Kier molecular flexibility index (Phi) is 7.44. The van der Waals surface area contributed by atoms with Gasteiger partial charge < -0.3 is 5.32 Å². The highest BCUT2D eigenvalue weighted by Crippen LogP contribution is 2.21.